The topological polar surface area (TPSA) is 12.5 Å². The van der Waals surface area contributed by atoms with Gasteiger partial charge in [-0.05, 0) is 106 Å². The minimum atomic E-state index is -0.866. The van der Waals surface area contributed by atoms with Crippen LogP contribution in [-0.2, 0) is 5.41 Å². The Kier molecular flexibility index (Phi) is 8.32. The van der Waals surface area contributed by atoms with Crippen molar-refractivity contribution in [3.63, 3.8) is 0 Å². The van der Waals surface area contributed by atoms with Gasteiger partial charge in [-0.1, -0.05) is 129 Å². The Morgan fingerprint density at radius 3 is 1.55 bits per heavy atom. The highest BCUT2D eigenvalue weighted by molar-refractivity contribution is 8.32. The molecule has 0 radical (unpaired) electrons. The van der Waals surface area contributed by atoms with Crippen molar-refractivity contribution in [2.75, 3.05) is 23.7 Å². The molecule has 0 saturated heterocycles. The van der Waals surface area contributed by atoms with Gasteiger partial charge in [0.15, 0.2) is 0 Å². The molecule has 51 heavy (non-hydrogen) atoms. The van der Waals surface area contributed by atoms with E-state index in [0.29, 0.717) is 0 Å². The third-order valence-electron chi connectivity index (χ3n) is 10.1. The molecule has 0 N–H and O–H groups in total. The van der Waals surface area contributed by atoms with Crippen LogP contribution in [-0.4, -0.2) is 18.8 Å². The lowest BCUT2D eigenvalue weighted by molar-refractivity contribution is 0.436. The van der Waals surface area contributed by atoms with Gasteiger partial charge in [-0.15, -0.1) is 0 Å². The van der Waals surface area contributed by atoms with Gasteiger partial charge in [0.2, 0.25) is 0 Å². The predicted molar refractivity (Wildman–Crippen MR) is 219 cm³/mol. The fourth-order valence-corrected chi connectivity index (χ4v) is 8.89. The Labute approximate surface area is 304 Å². The summed E-state index contributed by atoms with van der Waals surface area (Å²) in [6.45, 7) is 4.00. The van der Waals surface area contributed by atoms with Crippen LogP contribution in [0.25, 0.3) is 22.3 Å². The van der Waals surface area contributed by atoms with E-state index >= 15 is 0 Å². The van der Waals surface area contributed by atoms with Crippen LogP contribution in [0.4, 0.5) is 17.1 Å². The van der Waals surface area contributed by atoms with E-state index in [2.05, 4.69) is 194 Å². The van der Waals surface area contributed by atoms with Crippen LogP contribution in [0.3, 0.4) is 0 Å². The highest BCUT2D eigenvalue weighted by atomic mass is 32.3. The third-order valence-corrected chi connectivity index (χ3v) is 11.8. The lowest BCUT2D eigenvalue weighted by atomic mass is 9.66. The maximum atomic E-state index is 6.59. The summed E-state index contributed by atoms with van der Waals surface area (Å²) in [6.07, 6.45) is 7.06. The molecular weight excluding hydrogens is 639 g/mol. The van der Waals surface area contributed by atoms with Crippen molar-refractivity contribution in [3.8, 4) is 33.8 Å². The zero-order valence-corrected chi connectivity index (χ0v) is 30.7. The van der Waals surface area contributed by atoms with E-state index in [0.717, 1.165) is 28.6 Å². The van der Waals surface area contributed by atoms with E-state index in [1.165, 1.54) is 49.4 Å². The Hall–Kier alpha value is -5.51. The fourth-order valence-electron chi connectivity index (χ4n) is 7.93. The SMILES string of the molecule is CC.CS(C)(C)c1ccc(N(c2ccc(-c3ccccc3)cc2)c2cccc3c2-c2ccccc2C32c3ccccc3Oc3ccccc32)cc1. The second kappa shape index (κ2) is 13.0. The van der Waals surface area contributed by atoms with Gasteiger partial charge in [0.1, 0.15) is 11.5 Å². The lowest BCUT2D eigenvalue weighted by Gasteiger charge is -2.39. The highest BCUT2D eigenvalue weighted by Crippen LogP contribution is 2.64. The Bertz CT molecular complexity index is 2290. The summed E-state index contributed by atoms with van der Waals surface area (Å²) < 4.78 is 6.59. The van der Waals surface area contributed by atoms with Gasteiger partial charge in [0.05, 0.1) is 11.1 Å². The van der Waals surface area contributed by atoms with Crippen LogP contribution >= 0.6 is 10.0 Å². The molecule has 1 heterocycles. The first-order chi connectivity index (χ1) is 24.9. The molecule has 1 spiro atoms. The monoisotopic (exact) mass is 681 g/mol. The molecule has 3 heteroatoms. The van der Waals surface area contributed by atoms with Gasteiger partial charge in [-0.3, -0.25) is 0 Å². The molecule has 0 atom stereocenters. The van der Waals surface area contributed by atoms with E-state index in [4.69, 9.17) is 4.74 Å². The minimum absolute atomic E-state index is 0.518. The number of ether oxygens (including phenoxy) is 1. The van der Waals surface area contributed by atoms with Crippen molar-refractivity contribution in [3.05, 3.63) is 192 Å². The summed E-state index contributed by atoms with van der Waals surface area (Å²) in [5, 5.41) is 0. The number of hydrogen-bond acceptors (Lipinski definition) is 2. The number of fused-ring (bicyclic) bond motifs is 9. The molecule has 252 valence electrons. The molecule has 0 unspecified atom stereocenters. The van der Waals surface area contributed by atoms with E-state index in [9.17, 15) is 0 Å². The summed E-state index contributed by atoms with van der Waals surface area (Å²) >= 11 is 0. The van der Waals surface area contributed by atoms with Crippen LogP contribution in [0.2, 0.25) is 0 Å². The molecule has 0 fully saturated rings. The first-order valence-corrected chi connectivity index (χ1v) is 20.6. The first-order valence-electron chi connectivity index (χ1n) is 17.8. The predicted octanol–water partition coefficient (Wildman–Crippen LogP) is 13.4. The molecule has 0 amide bonds. The zero-order chi connectivity index (χ0) is 35.2. The first kappa shape index (κ1) is 32.7. The van der Waals surface area contributed by atoms with E-state index < -0.39 is 15.4 Å². The van der Waals surface area contributed by atoms with Crippen molar-refractivity contribution in [1.29, 1.82) is 0 Å². The second-order valence-corrected chi connectivity index (χ2v) is 17.8. The van der Waals surface area contributed by atoms with Gasteiger partial charge in [-0.25, -0.2) is 10.0 Å². The van der Waals surface area contributed by atoms with Crippen LogP contribution in [0.5, 0.6) is 11.5 Å². The molecule has 1 aliphatic heterocycles. The smallest absolute Gasteiger partial charge is 0.132 e. The van der Waals surface area contributed by atoms with Gasteiger partial charge >= 0.3 is 0 Å². The third kappa shape index (κ3) is 5.27. The lowest BCUT2D eigenvalue weighted by Crippen LogP contribution is -2.32. The Balaban J connectivity index is 0.00000184. The molecule has 0 bridgehead atoms. The van der Waals surface area contributed by atoms with Gasteiger partial charge in [0.25, 0.3) is 0 Å². The molecule has 1 aliphatic carbocycles. The Morgan fingerprint density at radius 1 is 0.451 bits per heavy atom. The maximum absolute atomic E-state index is 6.59. The number of hydrogen-bond donors (Lipinski definition) is 0. The fraction of sp³-hybridized carbons (Fsp3) is 0.125. The molecular formula is C48H43NOS. The average Bonchev–Trinajstić information content (AvgIpc) is 3.48. The van der Waals surface area contributed by atoms with Crippen LogP contribution in [0.1, 0.15) is 36.1 Å². The number of benzene rings is 7. The number of para-hydroxylation sites is 2. The van der Waals surface area contributed by atoms with Gasteiger partial charge < -0.3 is 9.64 Å². The van der Waals surface area contributed by atoms with Crippen molar-refractivity contribution in [2.45, 2.75) is 24.2 Å². The van der Waals surface area contributed by atoms with Crippen molar-refractivity contribution in [1.82, 2.24) is 0 Å². The molecule has 7 aromatic carbocycles. The number of anilines is 3. The largest absolute Gasteiger partial charge is 0.457 e. The second-order valence-electron chi connectivity index (χ2n) is 13.7. The van der Waals surface area contributed by atoms with Crippen LogP contribution in [0.15, 0.2) is 175 Å². The summed E-state index contributed by atoms with van der Waals surface area (Å²) in [7, 11) is -0.866. The van der Waals surface area contributed by atoms with Gasteiger partial charge in [0, 0.05) is 28.1 Å². The summed E-state index contributed by atoms with van der Waals surface area (Å²) in [6, 6.07) is 61.8. The zero-order valence-electron chi connectivity index (χ0n) is 29.9. The van der Waals surface area contributed by atoms with Crippen LogP contribution < -0.4 is 9.64 Å². The van der Waals surface area contributed by atoms with Crippen molar-refractivity contribution < 1.29 is 4.74 Å². The van der Waals surface area contributed by atoms with Crippen LogP contribution in [0, 0.1) is 0 Å². The number of rotatable bonds is 5. The molecule has 2 aliphatic rings. The quantitative estimate of drug-likeness (QED) is 0.179. The van der Waals surface area contributed by atoms with E-state index in [1.807, 2.05) is 13.8 Å². The van der Waals surface area contributed by atoms with Crippen molar-refractivity contribution >= 4 is 27.1 Å². The molecule has 2 nitrogen and oxygen atoms in total. The normalized spacial score (nSPS) is 13.4. The highest BCUT2D eigenvalue weighted by Gasteiger charge is 2.51. The van der Waals surface area contributed by atoms with E-state index in [-0.39, 0.29) is 0 Å². The maximum Gasteiger partial charge on any atom is 0.132 e. The molecule has 9 rings (SSSR count). The standard InChI is InChI=1S/C46H37NOS.C2H6/c1-49(2,3)36-30-28-35(29-31-36)47(34-26-24-33(25-27-34)32-14-5-4-6-15-32)42-21-13-20-41-45(42)37-16-7-8-17-38(37)46(41)39-18-9-11-22-43(39)48-44-23-12-10-19-40(44)46;1-2/h4-31H,1-3H3;1-2H3. The average molecular weight is 682 g/mol. The molecule has 7 aromatic rings. The van der Waals surface area contributed by atoms with E-state index in [1.54, 1.807) is 0 Å². The molecule has 0 aromatic heterocycles. The Morgan fingerprint density at radius 2 is 0.941 bits per heavy atom. The summed E-state index contributed by atoms with van der Waals surface area (Å²) in [4.78, 5) is 3.84. The van der Waals surface area contributed by atoms with Crippen molar-refractivity contribution in [2.24, 2.45) is 0 Å². The summed E-state index contributed by atoms with van der Waals surface area (Å²) in [5.41, 5.74) is 12.7. The molecule has 0 saturated carbocycles. The number of nitrogens with zero attached hydrogens (tertiary/aromatic N) is 1. The minimum Gasteiger partial charge on any atom is -0.457 e. The summed E-state index contributed by atoms with van der Waals surface area (Å²) in [5.74, 6) is 1.81. The van der Waals surface area contributed by atoms with Gasteiger partial charge in [-0.2, -0.15) is 0 Å².